The lowest BCUT2D eigenvalue weighted by molar-refractivity contribution is 0.261. The van der Waals surface area contributed by atoms with Crippen LogP contribution in [-0.4, -0.2) is 42.8 Å². The van der Waals surface area contributed by atoms with Crippen LogP contribution in [-0.2, 0) is 6.42 Å². The quantitative estimate of drug-likeness (QED) is 0.572. The molecule has 2 aromatic rings. The summed E-state index contributed by atoms with van der Waals surface area (Å²) in [6.45, 7) is 2.77. The molecule has 0 aromatic heterocycles. The van der Waals surface area contributed by atoms with Crippen LogP contribution in [0.15, 0.2) is 41.5 Å². The monoisotopic (exact) mass is 424 g/mol. The van der Waals surface area contributed by atoms with E-state index in [1.807, 2.05) is 36.1 Å². The van der Waals surface area contributed by atoms with E-state index in [2.05, 4.69) is 22.7 Å². The topological polar surface area (TPSA) is 87.0 Å². The third-order valence-electron chi connectivity index (χ3n) is 5.36. The Labute approximate surface area is 179 Å². The van der Waals surface area contributed by atoms with Crippen LogP contribution in [0.1, 0.15) is 30.0 Å². The van der Waals surface area contributed by atoms with Crippen LogP contribution in [0.4, 0.5) is 10.5 Å². The molecule has 2 heterocycles. The summed E-state index contributed by atoms with van der Waals surface area (Å²) in [6.07, 6.45) is 1.90. The van der Waals surface area contributed by atoms with E-state index in [1.54, 1.807) is 14.2 Å². The first-order valence-corrected chi connectivity index (χ1v) is 10.7. The van der Waals surface area contributed by atoms with E-state index in [9.17, 15) is 4.79 Å². The molecule has 0 aliphatic carbocycles. The van der Waals surface area contributed by atoms with E-state index in [0.29, 0.717) is 17.3 Å². The minimum atomic E-state index is -0.126. The molecule has 1 atom stereocenters. The molecule has 2 N–H and O–H groups in total. The summed E-state index contributed by atoms with van der Waals surface area (Å²) >= 11 is 1.24. The van der Waals surface area contributed by atoms with Crippen molar-refractivity contribution in [3.63, 3.8) is 0 Å². The Morgan fingerprint density at radius 1 is 1.20 bits per heavy atom. The van der Waals surface area contributed by atoms with Gasteiger partial charge < -0.3 is 14.4 Å². The van der Waals surface area contributed by atoms with E-state index >= 15 is 0 Å². The highest BCUT2D eigenvalue weighted by molar-refractivity contribution is 8.14. The maximum absolute atomic E-state index is 11.5. The number of ether oxygens (including phenoxy) is 2. The summed E-state index contributed by atoms with van der Waals surface area (Å²) in [7, 11) is 3.20. The van der Waals surface area contributed by atoms with Crippen molar-refractivity contribution in [2.75, 3.05) is 25.7 Å². The van der Waals surface area contributed by atoms with Gasteiger partial charge in [-0.1, -0.05) is 17.8 Å². The Balaban J connectivity index is 1.64. The van der Waals surface area contributed by atoms with Crippen LogP contribution >= 0.6 is 11.8 Å². The van der Waals surface area contributed by atoms with Gasteiger partial charge >= 0.3 is 0 Å². The van der Waals surface area contributed by atoms with E-state index < -0.39 is 0 Å². The largest absolute Gasteiger partial charge is 0.493 e. The number of amides is 1. The molecule has 0 radical (unpaired) electrons. The standard InChI is InChI=1S/C22H24N4O3S/c1-13-20(24-25-22(27)30-13)15-6-8-17-14(11-15)5-4-10-26(17)21(23)16-7-9-18(28-2)19(12-16)29-3/h6-9,11-13,23H,4-5,10H2,1-3H3,(H,25,27). The van der Waals surface area contributed by atoms with Crippen molar-refractivity contribution in [3.8, 4) is 11.5 Å². The Bertz CT molecular complexity index is 1040. The summed E-state index contributed by atoms with van der Waals surface area (Å²) in [6, 6.07) is 11.7. The molecule has 1 amide bonds. The van der Waals surface area contributed by atoms with Crippen LogP contribution in [0, 0.1) is 5.41 Å². The number of thioether (sulfide) groups is 1. The first kappa shape index (κ1) is 20.3. The van der Waals surface area contributed by atoms with Crippen molar-refractivity contribution in [2.45, 2.75) is 25.0 Å². The molecule has 0 bridgehead atoms. The fourth-order valence-electron chi connectivity index (χ4n) is 3.87. The van der Waals surface area contributed by atoms with Crippen molar-refractivity contribution in [1.29, 1.82) is 5.41 Å². The molecule has 156 valence electrons. The molecule has 2 aliphatic heterocycles. The lowest BCUT2D eigenvalue weighted by atomic mass is 9.96. The predicted octanol–water partition coefficient (Wildman–Crippen LogP) is 4.03. The molecule has 0 fully saturated rings. The number of methoxy groups -OCH3 is 2. The number of hydrazone groups is 1. The van der Waals surface area contributed by atoms with Crippen LogP contribution in [0.5, 0.6) is 11.5 Å². The second-order valence-corrected chi connectivity index (χ2v) is 8.49. The normalized spacial score (nSPS) is 18.2. The number of hydrogen-bond donors (Lipinski definition) is 2. The number of carbonyl (C=O) groups is 1. The van der Waals surface area contributed by atoms with Crippen molar-refractivity contribution in [3.05, 3.63) is 53.1 Å². The average Bonchev–Trinajstić information content (AvgIpc) is 2.77. The highest BCUT2D eigenvalue weighted by Gasteiger charge is 2.26. The van der Waals surface area contributed by atoms with E-state index in [-0.39, 0.29) is 10.5 Å². The molecule has 0 saturated heterocycles. The van der Waals surface area contributed by atoms with Gasteiger partial charge in [0.25, 0.3) is 5.24 Å². The number of anilines is 1. The van der Waals surface area contributed by atoms with Crippen molar-refractivity contribution in [2.24, 2.45) is 5.10 Å². The minimum Gasteiger partial charge on any atom is -0.493 e. The fraction of sp³-hybridized carbons (Fsp3) is 0.318. The van der Waals surface area contributed by atoms with Gasteiger partial charge in [0.2, 0.25) is 0 Å². The molecule has 30 heavy (non-hydrogen) atoms. The predicted molar refractivity (Wildman–Crippen MR) is 121 cm³/mol. The van der Waals surface area contributed by atoms with E-state index in [4.69, 9.17) is 14.9 Å². The first-order chi connectivity index (χ1) is 14.5. The van der Waals surface area contributed by atoms with E-state index in [0.717, 1.165) is 41.9 Å². The molecule has 2 aliphatic rings. The number of nitrogens with one attached hydrogen (secondary N) is 2. The van der Waals surface area contributed by atoms with Gasteiger partial charge in [-0.25, -0.2) is 5.43 Å². The van der Waals surface area contributed by atoms with Crippen LogP contribution < -0.4 is 19.8 Å². The second kappa shape index (κ2) is 8.39. The van der Waals surface area contributed by atoms with Gasteiger partial charge in [0, 0.05) is 17.8 Å². The zero-order valence-electron chi connectivity index (χ0n) is 17.2. The van der Waals surface area contributed by atoms with Crippen LogP contribution in [0.25, 0.3) is 0 Å². The van der Waals surface area contributed by atoms with Gasteiger partial charge in [0.05, 0.1) is 25.2 Å². The Kier molecular flexibility index (Phi) is 5.67. The number of benzene rings is 2. The Hall–Kier alpha value is -3.00. The molecule has 1 unspecified atom stereocenters. The van der Waals surface area contributed by atoms with Crippen molar-refractivity contribution >= 4 is 34.2 Å². The summed E-state index contributed by atoms with van der Waals surface area (Å²) in [5.74, 6) is 1.68. The van der Waals surface area contributed by atoms with Gasteiger partial charge in [-0.3, -0.25) is 10.2 Å². The molecule has 0 saturated carbocycles. The number of carbonyl (C=O) groups excluding carboxylic acids is 1. The fourth-order valence-corrected chi connectivity index (χ4v) is 4.59. The highest BCUT2D eigenvalue weighted by atomic mass is 32.2. The van der Waals surface area contributed by atoms with Crippen LogP contribution in [0.2, 0.25) is 0 Å². The van der Waals surface area contributed by atoms with Gasteiger partial charge in [0.1, 0.15) is 5.84 Å². The van der Waals surface area contributed by atoms with Crippen molar-refractivity contribution < 1.29 is 14.3 Å². The summed E-state index contributed by atoms with van der Waals surface area (Å²) in [5.41, 5.74) is 7.42. The van der Waals surface area contributed by atoms with Crippen LogP contribution in [0.3, 0.4) is 0 Å². The lowest BCUT2D eigenvalue weighted by Crippen LogP contribution is -2.36. The molecule has 4 rings (SSSR count). The van der Waals surface area contributed by atoms with Gasteiger partial charge in [-0.2, -0.15) is 5.10 Å². The summed E-state index contributed by atoms with van der Waals surface area (Å²) in [5, 5.41) is 13.0. The summed E-state index contributed by atoms with van der Waals surface area (Å²) in [4.78, 5) is 13.6. The molecule has 0 spiro atoms. The summed E-state index contributed by atoms with van der Waals surface area (Å²) < 4.78 is 10.7. The maximum Gasteiger partial charge on any atom is 0.299 e. The molecule has 2 aromatic carbocycles. The maximum atomic E-state index is 11.5. The SMILES string of the molecule is COc1ccc(C(=N)N2CCCc3cc(C4=NNC(=O)SC4C)ccc32)cc1OC. The zero-order chi connectivity index (χ0) is 21.3. The van der Waals surface area contributed by atoms with Gasteiger partial charge in [-0.15, -0.1) is 0 Å². The number of nitrogens with zero attached hydrogens (tertiary/aromatic N) is 2. The van der Waals surface area contributed by atoms with Gasteiger partial charge in [-0.05, 0) is 61.2 Å². The van der Waals surface area contributed by atoms with E-state index in [1.165, 1.54) is 17.3 Å². The Morgan fingerprint density at radius 2 is 2.00 bits per heavy atom. The third kappa shape index (κ3) is 3.75. The third-order valence-corrected chi connectivity index (χ3v) is 6.24. The molecular weight excluding hydrogens is 400 g/mol. The molecular formula is C22H24N4O3S. The second-order valence-electron chi connectivity index (χ2n) is 7.17. The molecule has 7 nitrogen and oxygen atoms in total. The van der Waals surface area contributed by atoms with Crippen molar-refractivity contribution in [1.82, 2.24) is 5.43 Å². The number of fused-ring (bicyclic) bond motifs is 1. The number of rotatable bonds is 4. The Morgan fingerprint density at radius 3 is 2.73 bits per heavy atom. The average molecular weight is 425 g/mol. The smallest absolute Gasteiger partial charge is 0.299 e. The highest BCUT2D eigenvalue weighted by Crippen LogP contribution is 2.33. The zero-order valence-corrected chi connectivity index (χ0v) is 18.0. The molecule has 8 heteroatoms. The number of hydrogen-bond acceptors (Lipinski definition) is 6. The number of aryl methyl sites for hydroxylation is 1. The lowest BCUT2D eigenvalue weighted by Gasteiger charge is -2.32. The first-order valence-electron chi connectivity index (χ1n) is 9.77. The number of amidine groups is 1. The minimum absolute atomic E-state index is 0.00144. The van der Waals surface area contributed by atoms with Gasteiger partial charge in [0.15, 0.2) is 11.5 Å².